The van der Waals surface area contributed by atoms with Crippen LogP contribution in [0.4, 0.5) is 15.8 Å². The summed E-state index contributed by atoms with van der Waals surface area (Å²) in [6.45, 7) is 7.15. The fourth-order valence-corrected chi connectivity index (χ4v) is 5.20. The summed E-state index contributed by atoms with van der Waals surface area (Å²) in [6.07, 6.45) is 2.29. The van der Waals surface area contributed by atoms with Gasteiger partial charge in [0.05, 0.1) is 24.9 Å². The number of ether oxygens (including phenoxy) is 1. The number of aliphatic hydroxyl groups excluding tert-OH is 1. The number of pyridine rings is 1. The number of nitrogens with zero attached hydrogens (tertiary/aromatic N) is 2. The van der Waals surface area contributed by atoms with Gasteiger partial charge in [0.25, 0.3) is 5.91 Å². The van der Waals surface area contributed by atoms with Gasteiger partial charge in [-0.15, -0.1) is 0 Å². The number of benzene rings is 2. The lowest BCUT2D eigenvalue weighted by Crippen LogP contribution is -2.53. The van der Waals surface area contributed by atoms with E-state index in [-0.39, 0.29) is 30.2 Å². The van der Waals surface area contributed by atoms with E-state index < -0.39 is 5.67 Å². The van der Waals surface area contributed by atoms with Crippen molar-refractivity contribution in [3.05, 3.63) is 77.1 Å². The van der Waals surface area contributed by atoms with Gasteiger partial charge in [-0.3, -0.25) is 9.78 Å². The van der Waals surface area contributed by atoms with E-state index in [1.165, 1.54) is 37.4 Å². The lowest BCUT2D eigenvalue weighted by Gasteiger charge is -2.46. The molecule has 2 N–H and O–H groups in total. The zero-order valence-corrected chi connectivity index (χ0v) is 20.9. The van der Waals surface area contributed by atoms with Gasteiger partial charge in [0, 0.05) is 42.2 Å². The molecular formula is C29H32FN3O3. The van der Waals surface area contributed by atoms with Crippen LogP contribution in [0.3, 0.4) is 0 Å². The predicted octanol–water partition coefficient (Wildman–Crippen LogP) is 4.88. The molecule has 3 heterocycles. The maximum Gasteiger partial charge on any atom is 0.255 e. The van der Waals surface area contributed by atoms with E-state index in [4.69, 9.17) is 4.74 Å². The van der Waals surface area contributed by atoms with Crippen LogP contribution in [0.25, 0.3) is 11.1 Å². The number of alkyl halides is 1. The summed E-state index contributed by atoms with van der Waals surface area (Å²) < 4.78 is 20.0. The van der Waals surface area contributed by atoms with Crippen molar-refractivity contribution < 1.29 is 19.0 Å². The summed E-state index contributed by atoms with van der Waals surface area (Å²) in [4.78, 5) is 19.4. The molecule has 2 atom stereocenters. The van der Waals surface area contributed by atoms with Gasteiger partial charge in [0.1, 0.15) is 5.67 Å². The van der Waals surface area contributed by atoms with Crippen molar-refractivity contribution in [1.29, 1.82) is 0 Å². The topological polar surface area (TPSA) is 74.7 Å². The monoisotopic (exact) mass is 489 g/mol. The van der Waals surface area contributed by atoms with E-state index in [1.54, 1.807) is 6.07 Å². The molecule has 1 amide bonds. The van der Waals surface area contributed by atoms with Gasteiger partial charge in [-0.05, 0) is 79.8 Å². The molecule has 0 aliphatic carbocycles. The van der Waals surface area contributed by atoms with E-state index in [0.29, 0.717) is 24.5 Å². The Morgan fingerprint density at radius 3 is 2.83 bits per heavy atom. The van der Waals surface area contributed by atoms with Crippen molar-refractivity contribution in [3.8, 4) is 11.1 Å². The number of halogens is 1. The molecule has 2 aliphatic rings. The van der Waals surface area contributed by atoms with Crippen LogP contribution in [0.5, 0.6) is 0 Å². The third-order valence-electron chi connectivity index (χ3n) is 7.26. The first-order chi connectivity index (χ1) is 17.2. The van der Waals surface area contributed by atoms with Crippen molar-refractivity contribution >= 4 is 17.3 Å². The fraction of sp³-hybridized carbons (Fsp3) is 0.379. The van der Waals surface area contributed by atoms with Gasteiger partial charge in [-0.1, -0.05) is 18.2 Å². The molecular weight excluding hydrogens is 457 g/mol. The zero-order chi connectivity index (χ0) is 25.4. The number of amides is 1. The molecule has 1 aromatic heterocycles. The van der Waals surface area contributed by atoms with Crippen LogP contribution in [0.2, 0.25) is 0 Å². The van der Waals surface area contributed by atoms with Gasteiger partial charge in [0.2, 0.25) is 0 Å². The van der Waals surface area contributed by atoms with Crippen LogP contribution in [0.15, 0.2) is 54.7 Å². The Bertz CT molecular complexity index is 1290. The van der Waals surface area contributed by atoms with Crippen molar-refractivity contribution in [2.24, 2.45) is 5.92 Å². The van der Waals surface area contributed by atoms with Gasteiger partial charge in [-0.25, -0.2) is 4.39 Å². The number of anilines is 2. The molecule has 2 aromatic carbocycles. The Labute approximate surface area is 211 Å². The van der Waals surface area contributed by atoms with Crippen molar-refractivity contribution in [2.45, 2.75) is 38.9 Å². The molecule has 2 aliphatic heterocycles. The highest BCUT2D eigenvalue weighted by Gasteiger charge is 2.36. The predicted molar refractivity (Wildman–Crippen MR) is 139 cm³/mol. The minimum Gasteiger partial charge on any atom is -0.396 e. The minimum absolute atomic E-state index is 0.147. The lowest BCUT2D eigenvalue weighted by molar-refractivity contribution is 0.0573. The number of aryl methyl sites for hydroxylation is 1. The lowest BCUT2D eigenvalue weighted by atomic mass is 9.84. The summed E-state index contributed by atoms with van der Waals surface area (Å²) in [6, 6.07) is 15.6. The Morgan fingerprint density at radius 2 is 2.06 bits per heavy atom. The molecule has 1 fully saturated rings. The Balaban J connectivity index is 1.43. The molecule has 0 saturated carbocycles. The minimum atomic E-state index is -1.63. The molecule has 5 rings (SSSR count). The number of rotatable bonds is 5. The van der Waals surface area contributed by atoms with E-state index in [9.17, 15) is 14.3 Å². The number of aromatic nitrogens is 1. The van der Waals surface area contributed by atoms with Crippen LogP contribution in [-0.4, -0.2) is 48.4 Å². The third kappa shape index (κ3) is 4.73. The van der Waals surface area contributed by atoms with Gasteiger partial charge in [-0.2, -0.15) is 0 Å². The summed E-state index contributed by atoms with van der Waals surface area (Å²) in [5, 5.41) is 12.9. The number of aliphatic hydroxyl groups is 1. The SMILES string of the molecule is Cc1ccc(NC(=O)c2ccnc(C(C)(C)F)c2)cc1-c1ccc2c(c1)N1CCOC[C@H]1[C@H](CO)C2. The first-order valence-corrected chi connectivity index (χ1v) is 12.4. The molecule has 3 aromatic rings. The molecule has 6 nitrogen and oxygen atoms in total. The Hall–Kier alpha value is -3.29. The number of fused-ring (bicyclic) bond motifs is 3. The second-order valence-electron chi connectivity index (χ2n) is 10.2. The number of morpholine rings is 1. The van der Waals surface area contributed by atoms with Gasteiger partial charge >= 0.3 is 0 Å². The second-order valence-corrected chi connectivity index (χ2v) is 10.2. The molecule has 36 heavy (non-hydrogen) atoms. The number of carbonyl (C=O) groups is 1. The number of hydrogen-bond donors (Lipinski definition) is 2. The molecule has 1 saturated heterocycles. The van der Waals surface area contributed by atoms with Crippen LogP contribution >= 0.6 is 0 Å². The zero-order valence-electron chi connectivity index (χ0n) is 20.9. The second kappa shape index (κ2) is 9.64. The summed E-state index contributed by atoms with van der Waals surface area (Å²) in [5.41, 5.74) is 5.25. The molecule has 188 valence electrons. The smallest absolute Gasteiger partial charge is 0.255 e. The molecule has 0 radical (unpaired) electrons. The average molecular weight is 490 g/mol. The largest absolute Gasteiger partial charge is 0.396 e. The molecule has 0 bridgehead atoms. The van der Waals surface area contributed by atoms with Gasteiger partial charge < -0.3 is 20.1 Å². The first kappa shape index (κ1) is 24.4. The van der Waals surface area contributed by atoms with Crippen LogP contribution in [0, 0.1) is 12.8 Å². The highest BCUT2D eigenvalue weighted by molar-refractivity contribution is 6.04. The van der Waals surface area contributed by atoms with Crippen molar-refractivity contribution in [1.82, 2.24) is 4.98 Å². The molecule has 0 spiro atoms. The highest BCUT2D eigenvalue weighted by Crippen LogP contribution is 2.39. The van der Waals surface area contributed by atoms with E-state index in [1.807, 2.05) is 18.2 Å². The van der Waals surface area contributed by atoms with E-state index in [0.717, 1.165) is 29.7 Å². The molecule has 7 heteroatoms. The third-order valence-corrected chi connectivity index (χ3v) is 7.26. The summed E-state index contributed by atoms with van der Waals surface area (Å²) in [5.74, 6) is -0.144. The quantitative estimate of drug-likeness (QED) is 0.534. The highest BCUT2D eigenvalue weighted by atomic mass is 19.1. The maximum atomic E-state index is 14.3. The van der Waals surface area contributed by atoms with E-state index in [2.05, 4.69) is 40.3 Å². The first-order valence-electron chi connectivity index (χ1n) is 12.4. The number of carbonyl (C=O) groups excluding carboxylic acids is 1. The Kier molecular flexibility index (Phi) is 6.53. The maximum absolute atomic E-state index is 14.3. The summed E-state index contributed by atoms with van der Waals surface area (Å²) >= 11 is 0. The van der Waals surface area contributed by atoms with E-state index >= 15 is 0 Å². The number of hydrogen-bond acceptors (Lipinski definition) is 5. The standard InChI is InChI=1S/C29H32FN3O3/c1-18-4-7-23(32-28(35)21-8-9-31-27(14-21)29(2,3)30)15-24(18)19-5-6-20-12-22(16-34)26-17-36-11-10-33(26)25(20)13-19/h4-9,13-15,22,26,34H,10-12,16-17H2,1-3H3,(H,32,35)/t22-,26-/m0/s1. The van der Waals surface area contributed by atoms with Crippen LogP contribution in [0.1, 0.15) is 41.0 Å². The fourth-order valence-electron chi connectivity index (χ4n) is 5.20. The average Bonchev–Trinajstić information content (AvgIpc) is 2.88. The van der Waals surface area contributed by atoms with Crippen molar-refractivity contribution in [2.75, 3.05) is 36.6 Å². The van der Waals surface area contributed by atoms with Crippen molar-refractivity contribution in [3.63, 3.8) is 0 Å². The normalized spacial score (nSPS) is 19.4. The van der Waals surface area contributed by atoms with Crippen LogP contribution < -0.4 is 10.2 Å². The summed E-state index contributed by atoms with van der Waals surface area (Å²) in [7, 11) is 0. The van der Waals surface area contributed by atoms with Crippen LogP contribution in [-0.2, 0) is 16.8 Å². The Morgan fingerprint density at radius 1 is 1.22 bits per heavy atom. The molecule has 0 unspecified atom stereocenters. The number of nitrogens with one attached hydrogen (secondary N) is 1. The van der Waals surface area contributed by atoms with Gasteiger partial charge in [0.15, 0.2) is 0 Å².